The average Bonchev–Trinajstić information content (AvgIpc) is 3.11. The molecule has 2 heterocycles. The largest absolute Gasteiger partial charge is 0.444 e. The van der Waals surface area contributed by atoms with Gasteiger partial charge < -0.3 is 14.4 Å². The number of ether oxygens (including phenoxy) is 2. The summed E-state index contributed by atoms with van der Waals surface area (Å²) in [6.45, 7) is 11.8. The summed E-state index contributed by atoms with van der Waals surface area (Å²) < 4.78 is 26.0. The molecular weight excluding hydrogens is 527 g/mol. The van der Waals surface area contributed by atoms with Crippen LogP contribution in [0.4, 0.5) is 19.7 Å². The Bertz CT molecular complexity index is 1160. The molecule has 2 aliphatic rings. The first-order chi connectivity index (χ1) is 16.7. The Morgan fingerprint density at radius 3 is 2.22 bits per heavy atom. The van der Waals surface area contributed by atoms with Crippen molar-refractivity contribution in [3.63, 3.8) is 0 Å². The van der Waals surface area contributed by atoms with E-state index in [1.807, 2.05) is 59.7 Å². The standard InChI is InChI=1S/C28H34BrFN2O4/c1-26(2,3)35-24(33)31-14-13-28(16-18-7-10-20(30)11-8-18)21-12-9-19(29)15-22(21)32(17-23(28)31)25(34)36-27(4,5)6/h7-12,15,23H,13-14,16-17H2,1-6H3. The van der Waals surface area contributed by atoms with Crippen molar-refractivity contribution < 1.29 is 23.5 Å². The molecule has 0 spiro atoms. The van der Waals surface area contributed by atoms with Crippen LogP contribution in [0.5, 0.6) is 0 Å². The predicted molar refractivity (Wildman–Crippen MR) is 141 cm³/mol. The zero-order valence-corrected chi connectivity index (χ0v) is 23.3. The molecule has 2 aliphatic heterocycles. The first-order valence-corrected chi connectivity index (χ1v) is 13.0. The number of nitrogens with zero attached hydrogens (tertiary/aromatic N) is 2. The van der Waals surface area contributed by atoms with Crippen molar-refractivity contribution in [2.24, 2.45) is 0 Å². The molecule has 2 amide bonds. The third kappa shape index (κ3) is 5.38. The Hall–Kier alpha value is -2.61. The second-order valence-corrected chi connectivity index (χ2v) is 12.6. The van der Waals surface area contributed by atoms with Crippen LogP contribution in [-0.2, 0) is 21.3 Å². The number of rotatable bonds is 2. The van der Waals surface area contributed by atoms with Gasteiger partial charge >= 0.3 is 12.2 Å². The molecule has 6 nitrogen and oxygen atoms in total. The lowest BCUT2D eigenvalue weighted by Gasteiger charge is -2.47. The highest BCUT2D eigenvalue weighted by Crippen LogP contribution is 2.51. The molecular formula is C28H34BrFN2O4. The molecule has 194 valence electrons. The molecule has 2 atom stereocenters. The molecule has 36 heavy (non-hydrogen) atoms. The SMILES string of the molecule is CC(C)(C)OC(=O)N1CC2N(C(=O)OC(C)(C)C)CCC2(Cc2ccc(F)cc2)c2ccc(Br)cc21. The maximum Gasteiger partial charge on any atom is 0.414 e. The molecule has 1 fully saturated rings. The molecule has 2 aromatic rings. The van der Waals surface area contributed by atoms with Crippen molar-refractivity contribution in [1.82, 2.24) is 4.90 Å². The molecule has 0 aliphatic carbocycles. The fraction of sp³-hybridized carbons (Fsp3) is 0.500. The number of likely N-dealkylation sites (tertiary alicyclic amines) is 1. The summed E-state index contributed by atoms with van der Waals surface area (Å²) in [7, 11) is 0. The molecule has 0 aromatic heterocycles. The van der Waals surface area contributed by atoms with Crippen LogP contribution in [0.1, 0.15) is 59.1 Å². The Kier molecular flexibility index (Phi) is 6.88. The van der Waals surface area contributed by atoms with Crippen LogP contribution >= 0.6 is 15.9 Å². The van der Waals surface area contributed by atoms with Gasteiger partial charge in [0.2, 0.25) is 0 Å². The number of halogens is 2. The number of amides is 2. The number of anilines is 1. The maximum absolute atomic E-state index is 13.7. The van der Waals surface area contributed by atoms with Gasteiger partial charge in [-0.25, -0.2) is 14.0 Å². The van der Waals surface area contributed by atoms with E-state index in [0.717, 1.165) is 21.3 Å². The zero-order valence-electron chi connectivity index (χ0n) is 21.7. The van der Waals surface area contributed by atoms with E-state index in [2.05, 4.69) is 15.9 Å². The highest BCUT2D eigenvalue weighted by molar-refractivity contribution is 9.10. The van der Waals surface area contributed by atoms with E-state index in [0.29, 0.717) is 19.4 Å². The summed E-state index contributed by atoms with van der Waals surface area (Å²) in [5, 5.41) is 0. The van der Waals surface area contributed by atoms with E-state index < -0.39 is 28.8 Å². The van der Waals surface area contributed by atoms with Gasteiger partial charge in [0.1, 0.15) is 17.0 Å². The zero-order chi connectivity index (χ0) is 26.5. The van der Waals surface area contributed by atoms with Crippen molar-refractivity contribution in [1.29, 1.82) is 0 Å². The van der Waals surface area contributed by atoms with Gasteiger partial charge in [0.25, 0.3) is 0 Å². The van der Waals surface area contributed by atoms with Gasteiger partial charge in [0.05, 0.1) is 18.3 Å². The van der Waals surface area contributed by atoms with Crippen LogP contribution < -0.4 is 4.90 Å². The fourth-order valence-electron chi connectivity index (χ4n) is 5.25. The van der Waals surface area contributed by atoms with Crippen LogP contribution in [-0.4, -0.2) is 47.4 Å². The summed E-state index contributed by atoms with van der Waals surface area (Å²) >= 11 is 3.56. The first-order valence-electron chi connectivity index (χ1n) is 12.2. The Balaban J connectivity index is 1.83. The molecule has 0 saturated carbocycles. The lowest BCUT2D eigenvalue weighted by Crippen LogP contribution is -2.58. The third-order valence-corrected chi connectivity index (χ3v) is 7.12. The van der Waals surface area contributed by atoms with Gasteiger partial charge in [-0.2, -0.15) is 0 Å². The first kappa shape index (κ1) is 26.5. The number of carbonyl (C=O) groups is 2. The third-order valence-electron chi connectivity index (χ3n) is 6.63. The summed E-state index contributed by atoms with van der Waals surface area (Å²) in [6, 6.07) is 12.0. The minimum atomic E-state index is -0.674. The van der Waals surface area contributed by atoms with Crippen LogP contribution in [0.25, 0.3) is 0 Å². The van der Waals surface area contributed by atoms with E-state index >= 15 is 0 Å². The molecule has 2 aromatic carbocycles. The smallest absolute Gasteiger partial charge is 0.414 e. The predicted octanol–water partition coefficient (Wildman–Crippen LogP) is 6.83. The van der Waals surface area contributed by atoms with E-state index in [1.165, 1.54) is 12.1 Å². The minimum Gasteiger partial charge on any atom is -0.444 e. The summed E-state index contributed by atoms with van der Waals surface area (Å²) in [6.07, 6.45) is 0.408. The van der Waals surface area contributed by atoms with Gasteiger partial charge in [-0.05, 0) is 89.8 Å². The molecule has 8 heteroatoms. The van der Waals surface area contributed by atoms with E-state index in [9.17, 15) is 14.0 Å². The molecule has 4 rings (SSSR count). The molecule has 1 saturated heterocycles. The summed E-state index contributed by atoms with van der Waals surface area (Å²) in [5.41, 5.74) is 0.871. The molecule has 2 unspecified atom stereocenters. The van der Waals surface area contributed by atoms with Crippen molar-refractivity contribution in [2.45, 2.75) is 77.0 Å². The maximum atomic E-state index is 13.7. The minimum absolute atomic E-state index is 0.263. The molecule has 0 bridgehead atoms. The van der Waals surface area contributed by atoms with Crippen LogP contribution in [0.3, 0.4) is 0 Å². The van der Waals surface area contributed by atoms with Gasteiger partial charge in [0.15, 0.2) is 0 Å². The van der Waals surface area contributed by atoms with Crippen LogP contribution in [0.15, 0.2) is 46.9 Å². The number of hydrogen-bond acceptors (Lipinski definition) is 4. The van der Waals surface area contributed by atoms with Gasteiger partial charge in [-0.15, -0.1) is 0 Å². The quantitative estimate of drug-likeness (QED) is 0.403. The Morgan fingerprint density at radius 1 is 1.00 bits per heavy atom. The topological polar surface area (TPSA) is 59.1 Å². The fourth-order valence-corrected chi connectivity index (χ4v) is 5.59. The lowest BCUT2D eigenvalue weighted by molar-refractivity contribution is 0.0185. The van der Waals surface area contributed by atoms with Gasteiger partial charge in [-0.3, -0.25) is 4.90 Å². The number of carbonyl (C=O) groups excluding carboxylic acids is 2. The summed E-state index contributed by atoms with van der Waals surface area (Å²) in [5.74, 6) is -0.293. The Labute approximate surface area is 220 Å². The average molecular weight is 561 g/mol. The van der Waals surface area contributed by atoms with E-state index in [-0.39, 0.29) is 18.4 Å². The number of fused-ring (bicyclic) bond motifs is 3. The highest BCUT2D eigenvalue weighted by atomic mass is 79.9. The second-order valence-electron chi connectivity index (χ2n) is 11.7. The van der Waals surface area contributed by atoms with Gasteiger partial charge in [-0.1, -0.05) is 34.1 Å². The van der Waals surface area contributed by atoms with Crippen LogP contribution in [0.2, 0.25) is 0 Å². The summed E-state index contributed by atoms with van der Waals surface area (Å²) in [4.78, 5) is 30.1. The second kappa shape index (κ2) is 9.36. The normalized spacial score (nSPS) is 21.6. The number of benzene rings is 2. The van der Waals surface area contributed by atoms with Crippen molar-refractivity contribution in [2.75, 3.05) is 18.0 Å². The molecule has 0 radical (unpaired) electrons. The van der Waals surface area contributed by atoms with E-state index in [4.69, 9.17) is 9.47 Å². The lowest BCUT2D eigenvalue weighted by atomic mass is 9.67. The van der Waals surface area contributed by atoms with Gasteiger partial charge in [0, 0.05) is 16.4 Å². The van der Waals surface area contributed by atoms with Crippen molar-refractivity contribution >= 4 is 33.8 Å². The van der Waals surface area contributed by atoms with E-state index in [1.54, 1.807) is 21.9 Å². The van der Waals surface area contributed by atoms with Crippen molar-refractivity contribution in [3.05, 3.63) is 63.9 Å². The van der Waals surface area contributed by atoms with Crippen LogP contribution in [0, 0.1) is 5.82 Å². The molecule has 0 N–H and O–H groups in total. The van der Waals surface area contributed by atoms with Crippen molar-refractivity contribution in [3.8, 4) is 0 Å². The number of hydrogen-bond donors (Lipinski definition) is 0. The monoisotopic (exact) mass is 560 g/mol. The highest BCUT2D eigenvalue weighted by Gasteiger charge is 2.56. The Morgan fingerprint density at radius 2 is 1.61 bits per heavy atom.